The zero-order valence-corrected chi connectivity index (χ0v) is 16.8. The SMILES string of the molecule is COc1cc(Br)cc(CNCc2ccco2)c1OCc1ccccc1.Cl. The van der Waals surface area contributed by atoms with E-state index in [1.54, 1.807) is 13.4 Å². The highest BCUT2D eigenvalue weighted by atomic mass is 79.9. The Kier molecular flexibility index (Phi) is 8.04. The molecule has 3 aromatic rings. The van der Waals surface area contributed by atoms with Crippen LogP contribution < -0.4 is 14.8 Å². The Balaban J connectivity index is 0.00000243. The highest BCUT2D eigenvalue weighted by Crippen LogP contribution is 2.35. The number of furan rings is 1. The molecule has 1 N–H and O–H groups in total. The lowest BCUT2D eigenvalue weighted by molar-refractivity contribution is 0.280. The molecule has 0 spiro atoms. The van der Waals surface area contributed by atoms with Crippen molar-refractivity contribution in [2.45, 2.75) is 19.7 Å². The van der Waals surface area contributed by atoms with Crippen LogP contribution in [-0.2, 0) is 19.7 Å². The summed E-state index contributed by atoms with van der Waals surface area (Å²) >= 11 is 3.53. The highest BCUT2D eigenvalue weighted by molar-refractivity contribution is 9.10. The Morgan fingerprint density at radius 3 is 2.54 bits per heavy atom. The molecule has 0 saturated carbocycles. The van der Waals surface area contributed by atoms with Crippen molar-refractivity contribution in [1.82, 2.24) is 5.32 Å². The highest BCUT2D eigenvalue weighted by Gasteiger charge is 2.13. The van der Waals surface area contributed by atoms with E-state index in [1.807, 2.05) is 54.6 Å². The molecule has 1 aromatic heterocycles. The first kappa shape index (κ1) is 20.4. The van der Waals surface area contributed by atoms with Crippen LogP contribution >= 0.6 is 28.3 Å². The lowest BCUT2D eigenvalue weighted by atomic mass is 10.1. The molecule has 1 heterocycles. The van der Waals surface area contributed by atoms with Gasteiger partial charge in [0.05, 0.1) is 19.9 Å². The van der Waals surface area contributed by atoms with Gasteiger partial charge in [-0.05, 0) is 29.8 Å². The summed E-state index contributed by atoms with van der Waals surface area (Å²) in [5.41, 5.74) is 2.13. The Hall–Kier alpha value is -1.95. The van der Waals surface area contributed by atoms with Crippen molar-refractivity contribution in [3.05, 3.63) is 82.2 Å². The van der Waals surface area contributed by atoms with Crippen LogP contribution in [-0.4, -0.2) is 7.11 Å². The van der Waals surface area contributed by atoms with Crippen molar-refractivity contribution in [2.75, 3.05) is 7.11 Å². The van der Waals surface area contributed by atoms with Gasteiger partial charge in [0.1, 0.15) is 12.4 Å². The first-order valence-electron chi connectivity index (χ1n) is 8.02. The number of ether oxygens (including phenoxy) is 2. The molecule has 0 aliphatic rings. The summed E-state index contributed by atoms with van der Waals surface area (Å²) in [6.07, 6.45) is 1.67. The van der Waals surface area contributed by atoms with Crippen molar-refractivity contribution in [1.29, 1.82) is 0 Å². The normalized spacial score (nSPS) is 10.2. The maximum Gasteiger partial charge on any atom is 0.166 e. The number of hydrogen-bond acceptors (Lipinski definition) is 4. The molecule has 0 radical (unpaired) electrons. The Labute approximate surface area is 168 Å². The summed E-state index contributed by atoms with van der Waals surface area (Å²) in [7, 11) is 1.65. The number of methoxy groups -OCH3 is 1. The van der Waals surface area contributed by atoms with Gasteiger partial charge in [-0.1, -0.05) is 46.3 Å². The summed E-state index contributed by atoms with van der Waals surface area (Å²) < 4.78 is 17.9. The van der Waals surface area contributed by atoms with Crippen LogP contribution in [0, 0.1) is 0 Å². The van der Waals surface area contributed by atoms with E-state index < -0.39 is 0 Å². The van der Waals surface area contributed by atoms with Gasteiger partial charge in [0.25, 0.3) is 0 Å². The molecule has 0 aliphatic carbocycles. The molecule has 0 unspecified atom stereocenters. The first-order valence-corrected chi connectivity index (χ1v) is 8.82. The Morgan fingerprint density at radius 2 is 1.85 bits per heavy atom. The third-order valence-electron chi connectivity index (χ3n) is 3.74. The maximum atomic E-state index is 6.08. The van der Waals surface area contributed by atoms with Gasteiger partial charge in [-0.2, -0.15) is 0 Å². The van der Waals surface area contributed by atoms with Crippen LogP contribution in [0.3, 0.4) is 0 Å². The van der Waals surface area contributed by atoms with E-state index >= 15 is 0 Å². The Bertz CT molecular complexity index is 794. The smallest absolute Gasteiger partial charge is 0.166 e. The molecule has 2 aromatic carbocycles. The molecule has 0 fully saturated rings. The summed E-state index contributed by atoms with van der Waals surface area (Å²) in [5.74, 6) is 2.36. The minimum Gasteiger partial charge on any atom is -0.493 e. The van der Waals surface area contributed by atoms with Crippen molar-refractivity contribution in [2.24, 2.45) is 0 Å². The van der Waals surface area contributed by atoms with Crippen LogP contribution in [0.25, 0.3) is 0 Å². The number of nitrogens with one attached hydrogen (secondary N) is 1. The molecule has 6 heteroatoms. The van der Waals surface area contributed by atoms with Crippen LogP contribution in [0.5, 0.6) is 11.5 Å². The molecule has 3 rings (SSSR count). The monoisotopic (exact) mass is 437 g/mol. The second-order valence-electron chi connectivity index (χ2n) is 5.55. The molecule has 138 valence electrons. The molecule has 0 aliphatic heterocycles. The van der Waals surface area contributed by atoms with Crippen molar-refractivity contribution in [3.8, 4) is 11.5 Å². The Morgan fingerprint density at radius 1 is 1.04 bits per heavy atom. The molecule has 0 atom stereocenters. The van der Waals surface area contributed by atoms with Crippen molar-refractivity contribution in [3.63, 3.8) is 0 Å². The van der Waals surface area contributed by atoms with Crippen molar-refractivity contribution < 1.29 is 13.9 Å². The van der Waals surface area contributed by atoms with E-state index in [-0.39, 0.29) is 12.4 Å². The molecule has 0 bridgehead atoms. The number of halogens is 2. The topological polar surface area (TPSA) is 43.6 Å². The third kappa shape index (κ3) is 5.53. The molecular formula is C20H21BrClNO3. The van der Waals surface area contributed by atoms with Gasteiger partial charge in [-0.15, -0.1) is 12.4 Å². The molecule has 0 saturated heterocycles. The third-order valence-corrected chi connectivity index (χ3v) is 4.20. The van der Waals surface area contributed by atoms with Gasteiger partial charge >= 0.3 is 0 Å². The predicted molar refractivity (Wildman–Crippen MR) is 108 cm³/mol. The first-order chi connectivity index (χ1) is 12.3. The maximum absolute atomic E-state index is 6.08. The fraction of sp³-hybridized carbons (Fsp3) is 0.200. The van der Waals surface area contributed by atoms with Gasteiger partial charge < -0.3 is 19.2 Å². The van der Waals surface area contributed by atoms with E-state index in [9.17, 15) is 0 Å². The fourth-order valence-electron chi connectivity index (χ4n) is 2.53. The average molecular weight is 439 g/mol. The second-order valence-corrected chi connectivity index (χ2v) is 6.47. The minimum atomic E-state index is 0. The summed E-state index contributed by atoms with van der Waals surface area (Å²) in [5, 5.41) is 3.37. The molecule has 0 amide bonds. The van der Waals surface area contributed by atoms with E-state index in [2.05, 4.69) is 21.2 Å². The van der Waals surface area contributed by atoms with Gasteiger partial charge in [-0.3, -0.25) is 0 Å². The van der Waals surface area contributed by atoms with E-state index in [4.69, 9.17) is 13.9 Å². The van der Waals surface area contributed by atoms with Gasteiger partial charge in [0.15, 0.2) is 11.5 Å². The van der Waals surface area contributed by atoms with E-state index in [0.717, 1.165) is 27.1 Å². The van der Waals surface area contributed by atoms with Gasteiger partial charge in [-0.25, -0.2) is 0 Å². The summed E-state index contributed by atoms with van der Waals surface area (Å²) in [4.78, 5) is 0. The minimum absolute atomic E-state index is 0. The van der Waals surface area contributed by atoms with Gasteiger partial charge in [0, 0.05) is 16.6 Å². The molecular weight excluding hydrogens is 418 g/mol. The van der Waals surface area contributed by atoms with E-state index in [1.165, 1.54) is 0 Å². The van der Waals surface area contributed by atoms with Crippen LogP contribution in [0.2, 0.25) is 0 Å². The van der Waals surface area contributed by atoms with Crippen LogP contribution in [0.15, 0.2) is 69.8 Å². The van der Waals surface area contributed by atoms with Gasteiger partial charge in [0.2, 0.25) is 0 Å². The lowest BCUT2D eigenvalue weighted by Gasteiger charge is -2.16. The lowest BCUT2D eigenvalue weighted by Crippen LogP contribution is -2.13. The van der Waals surface area contributed by atoms with E-state index in [0.29, 0.717) is 25.4 Å². The predicted octanol–water partition coefficient (Wildman–Crippen LogP) is 5.34. The summed E-state index contributed by atoms with van der Waals surface area (Å²) in [6.45, 7) is 1.78. The van der Waals surface area contributed by atoms with Crippen LogP contribution in [0.1, 0.15) is 16.9 Å². The zero-order valence-electron chi connectivity index (χ0n) is 14.4. The number of benzene rings is 2. The van der Waals surface area contributed by atoms with Crippen molar-refractivity contribution >= 4 is 28.3 Å². The average Bonchev–Trinajstić information content (AvgIpc) is 3.14. The molecule has 26 heavy (non-hydrogen) atoms. The number of hydrogen-bond donors (Lipinski definition) is 1. The standard InChI is InChI=1S/C20H20BrNO3.ClH/c1-23-19-11-17(21)10-16(12-22-13-18-8-5-9-24-18)20(19)25-14-15-6-3-2-4-7-15;/h2-11,22H,12-14H2,1H3;1H. The second kappa shape index (κ2) is 10.3. The zero-order chi connectivity index (χ0) is 17.5. The largest absolute Gasteiger partial charge is 0.493 e. The van der Waals surface area contributed by atoms with Crippen LogP contribution in [0.4, 0.5) is 0 Å². The summed E-state index contributed by atoms with van der Waals surface area (Å²) in [6, 6.07) is 17.9. The quantitative estimate of drug-likeness (QED) is 0.515. The fourth-order valence-corrected chi connectivity index (χ4v) is 3.02. The molecule has 4 nitrogen and oxygen atoms in total. The number of rotatable bonds is 8.